The van der Waals surface area contributed by atoms with Crippen molar-refractivity contribution in [2.45, 2.75) is 5.79 Å². The molecule has 0 aromatic rings. The second kappa shape index (κ2) is 5.00. The number of hydrogen-bond donors (Lipinski definition) is 0. The van der Waals surface area contributed by atoms with Crippen LogP contribution in [0.1, 0.15) is 0 Å². The Kier molecular flexibility index (Phi) is 4.25. The summed E-state index contributed by atoms with van der Waals surface area (Å²) in [4.78, 5) is 37.7. The van der Waals surface area contributed by atoms with Gasteiger partial charge in [0.1, 0.15) is 0 Å². The summed E-state index contributed by atoms with van der Waals surface area (Å²) in [6, 6.07) is 0. The van der Waals surface area contributed by atoms with Crippen LogP contribution in [0.25, 0.3) is 0 Å². The van der Waals surface area contributed by atoms with Crippen molar-refractivity contribution in [3.05, 3.63) is 30.3 Å². The Balaban J connectivity index is 5.35. The van der Waals surface area contributed by atoms with Gasteiger partial charge in [0.25, 0.3) is 0 Å². The van der Waals surface area contributed by atoms with Gasteiger partial charge in [0.05, 0.1) is 7.11 Å². The number of nitrogens with zero attached hydrogens (tertiary/aromatic N) is 4. The normalized spacial score (nSPS) is 10.5. The number of methoxy groups -OCH3 is 1. The van der Waals surface area contributed by atoms with E-state index in [4.69, 9.17) is 0 Å². The highest BCUT2D eigenvalue weighted by molar-refractivity contribution is 5.66. The van der Waals surface area contributed by atoms with Gasteiger partial charge in [0, 0.05) is 7.05 Å². The van der Waals surface area contributed by atoms with Crippen molar-refractivity contribution in [2.24, 2.45) is 0 Å². The van der Waals surface area contributed by atoms with Crippen molar-refractivity contribution in [1.82, 2.24) is 4.90 Å². The van der Waals surface area contributed by atoms with Crippen LogP contribution in [-0.4, -0.2) is 52.3 Å². The third-order valence-electron chi connectivity index (χ3n) is 1.81. The second-order valence-corrected chi connectivity index (χ2v) is 2.87. The van der Waals surface area contributed by atoms with Crippen molar-refractivity contribution in [3.63, 3.8) is 0 Å². The van der Waals surface area contributed by atoms with E-state index in [1.54, 1.807) is 0 Å². The largest absolute Gasteiger partial charge is 0.717 e. The predicted molar refractivity (Wildman–Crippen MR) is 48.7 cm³/mol. The SMILES string of the molecule is COC(=O)N(C)CC([N+](=O)[O-])([N+](=O)[O-])[N+](=O)[O-]. The number of likely N-dealkylation sites (N-methyl/N-ethyl adjacent to an activating group) is 1. The Labute approximate surface area is 93.2 Å². The zero-order valence-electron chi connectivity index (χ0n) is 8.76. The standard InChI is InChI=1S/C5H8N4O8/c1-6(4(10)17-2)3-5(7(11)12,8(13)14)9(15)16/h3H2,1-2H3. The van der Waals surface area contributed by atoms with Gasteiger partial charge < -0.3 is 4.74 Å². The minimum Gasteiger partial charge on any atom is -0.453 e. The van der Waals surface area contributed by atoms with Crippen LogP contribution in [0.2, 0.25) is 0 Å². The van der Waals surface area contributed by atoms with E-state index in [0.29, 0.717) is 4.90 Å². The Bertz CT molecular complexity index is 331. The van der Waals surface area contributed by atoms with Crippen LogP contribution in [-0.2, 0) is 4.74 Å². The molecule has 12 heteroatoms. The van der Waals surface area contributed by atoms with Gasteiger partial charge in [-0.3, -0.25) is 35.2 Å². The molecule has 0 aromatic heterocycles. The molecule has 0 heterocycles. The third-order valence-corrected chi connectivity index (χ3v) is 1.81. The maximum absolute atomic E-state index is 10.9. The van der Waals surface area contributed by atoms with E-state index in [9.17, 15) is 35.1 Å². The topological polar surface area (TPSA) is 159 Å². The van der Waals surface area contributed by atoms with Crippen LogP contribution >= 0.6 is 0 Å². The third kappa shape index (κ3) is 2.53. The van der Waals surface area contributed by atoms with E-state index in [0.717, 1.165) is 14.2 Å². The quantitative estimate of drug-likeness (QED) is 0.348. The molecular formula is C5H8N4O8. The molecule has 12 nitrogen and oxygen atoms in total. The number of carbonyl (C=O) groups excluding carboxylic acids is 1. The van der Waals surface area contributed by atoms with Gasteiger partial charge in [0.2, 0.25) is 6.54 Å². The van der Waals surface area contributed by atoms with Gasteiger partial charge >= 0.3 is 11.9 Å². The first-order chi connectivity index (χ1) is 7.70. The first-order valence-corrected chi connectivity index (χ1v) is 3.92. The van der Waals surface area contributed by atoms with Crippen LogP contribution in [0.4, 0.5) is 4.79 Å². The minimum absolute atomic E-state index is 0.369. The maximum atomic E-state index is 10.9. The highest BCUT2D eigenvalue weighted by atomic mass is 16.7. The highest BCUT2D eigenvalue weighted by Crippen LogP contribution is 2.14. The Hall–Kier alpha value is -2.53. The van der Waals surface area contributed by atoms with Crippen LogP contribution in [0.15, 0.2) is 0 Å². The molecule has 0 N–H and O–H groups in total. The molecule has 0 aliphatic heterocycles. The fraction of sp³-hybridized carbons (Fsp3) is 0.800. The molecule has 0 fully saturated rings. The first-order valence-electron chi connectivity index (χ1n) is 3.92. The van der Waals surface area contributed by atoms with Crippen LogP contribution in [0.3, 0.4) is 0 Å². The molecule has 0 rings (SSSR count). The summed E-state index contributed by atoms with van der Waals surface area (Å²) in [5, 5.41) is 31.5. The first kappa shape index (κ1) is 14.5. The van der Waals surface area contributed by atoms with Crippen LogP contribution < -0.4 is 0 Å². The number of carbonyl (C=O) groups is 1. The molecule has 1 amide bonds. The number of ether oxygens (including phenoxy) is 1. The zero-order valence-corrected chi connectivity index (χ0v) is 8.76. The molecule has 0 saturated carbocycles. The van der Waals surface area contributed by atoms with Gasteiger partial charge in [-0.1, -0.05) is 0 Å². The van der Waals surface area contributed by atoms with Crippen molar-refractivity contribution >= 4 is 6.09 Å². The summed E-state index contributed by atoms with van der Waals surface area (Å²) in [6.07, 6.45) is -1.17. The Morgan fingerprint density at radius 2 is 1.53 bits per heavy atom. The summed E-state index contributed by atoms with van der Waals surface area (Å²) in [5.41, 5.74) is 0. The van der Waals surface area contributed by atoms with E-state index >= 15 is 0 Å². The molecule has 0 unspecified atom stereocenters. The summed E-state index contributed by atoms with van der Waals surface area (Å²) in [5.74, 6) is -3.71. The summed E-state index contributed by atoms with van der Waals surface area (Å²) in [7, 11) is 1.82. The van der Waals surface area contributed by atoms with Gasteiger partial charge in [0.15, 0.2) is 14.8 Å². The number of hydrogen-bond acceptors (Lipinski definition) is 8. The smallest absolute Gasteiger partial charge is 0.453 e. The van der Waals surface area contributed by atoms with Crippen molar-refractivity contribution < 1.29 is 24.3 Å². The highest BCUT2D eigenvalue weighted by Gasteiger charge is 2.71. The maximum Gasteiger partial charge on any atom is 0.717 e. The lowest BCUT2D eigenvalue weighted by Crippen LogP contribution is -2.60. The molecule has 0 aliphatic rings. The van der Waals surface area contributed by atoms with Crippen LogP contribution in [0.5, 0.6) is 0 Å². The van der Waals surface area contributed by atoms with Crippen molar-refractivity contribution in [2.75, 3.05) is 20.7 Å². The molecule has 0 saturated heterocycles. The summed E-state index contributed by atoms with van der Waals surface area (Å²) in [6.45, 7) is -1.35. The Morgan fingerprint density at radius 3 is 1.76 bits per heavy atom. The van der Waals surface area contributed by atoms with E-state index in [1.807, 2.05) is 0 Å². The van der Waals surface area contributed by atoms with Crippen molar-refractivity contribution in [3.8, 4) is 0 Å². The minimum atomic E-state index is -3.71. The summed E-state index contributed by atoms with van der Waals surface area (Å²) < 4.78 is 4.12. The lowest BCUT2D eigenvalue weighted by molar-refractivity contribution is -0.968. The number of amides is 1. The van der Waals surface area contributed by atoms with E-state index in [-0.39, 0.29) is 0 Å². The second-order valence-electron chi connectivity index (χ2n) is 2.87. The zero-order chi connectivity index (χ0) is 13.8. The molecule has 96 valence electrons. The predicted octanol–water partition coefficient (Wildman–Crippen LogP) is -0.831. The van der Waals surface area contributed by atoms with Crippen LogP contribution in [0, 0.1) is 30.3 Å². The molecule has 0 aromatic carbocycles. The molecular weight excluding hydrogens is 244 g/mol. The van der Waals surface area contributed by atoms with Gasteiger partial charge in [-0.05, 0) is 0 Å². The fourth-order valence-corrected chi connectivity index (χ4v) is 0.912. The average molecular weight is 252 g/mol. The number of nitro groups is 3. The lowest BCUT2D eigenvalue weighted by atomic mass is 10.3. The average Bonchev–Trinajstić information content (AvgIpc) is 2.22. The summed E-state index contributed by atoms with van der Waals surface area (Å²) >= 11 is 0. The molecule has 17 heavy (non-hydrogen) atoms. The van der Waals surface area contributed by atoms with Crippen molar-refractivity contribution in [1.29, 1.82) is 0 Å². The fourth-order valence-electron chi connectivity index (χ4n) is 0.912. The van der Waals surface area contributed by atoms with Gasteiger partial charge in [-0.15, -0.1) is 0 Å². The van der Waals surface area contributed by atoms with E-state index in [1.165, 1.54) is 0 Å². The Morgan fingerprint density at radius 1 is 1.18 bits per heavy atom. The molecule has 0 radical (unpaired) electrons. The van der Waals surface area contributed by atoms with E-state index in [2.05, 4.69) is 4.74 Å². The molecule has 0 spiro atoms. The monoisotopic (exact) mass is 252 g/mol. The molecule has 0 atom stereocenters. The number of rotatable bonds is 5. The van der Waals surface area contributed by atoms with Gasteiger partial charge in [-0.25, -0.2) is 4.79 Å². The molecule has 0 aliphatic carbocycles. The molecule has 0 bridgehead atoms. The van der Waals surface area contributed by atoms with E-state index < -0.39 is 33.2 Å². The lowest BCUT2D eigenvalue weighted by Gasteiger charge is -2.16. The van der Waals surface area contributed by atoms with Gasteiger partial charge in [-0.2, -0.15) is 0 Å².